The van der Waals surface area contributed by atoms with E-state index >= 15 is 0 Å². The molecule has 4 nitrogen and oxygen atoms in total. The predicted molar refractivity (Wildman–Crippen MR) is 100 cm³/mol. The van der Waals surface area contributed by atoms with Crippen molar-refractivity contribution in [2.24, 2.45) is 0 Å². The van der Waals surface area contributed by atoms with Gasteiger partial charge in [-0.05, 0) is 54.1 Å². The van der Waals surface area contributed by atoms with Gasteiger partial charge in [-0.3, -0.25) is 9.78 Å². The molecule has 0 radical (unpaired) electrons. The molecule has 1 aromatic heterocycles. The van der Waals surface area contributed by atoms with Crippen molar-refractivity contribution >= 4 is 33.2 Å². The monoisotopic (exact) mass is 381 g/mol. The number of nitrogens with zero attached hydrogens (tertiary/aromatic N) is 1. The summed E-state index contributed by atoms with van der Waals surface area (Å²) in [5, 5.41) is 6.22. The lowest BCUT2D eigenvalue weighted by Crippen LogP contribution is -2.14. The minimum absolute atomic E-state index is 0.143. The van der Waals surface area contributed by atoms with Crippen LogP contribution in [0.3, 0.4) is 0 Å². The highest BCUT2D eigenvalue weighted by Gasteiger charge is 2.11. The van der Waals surface area contributed by atoms with E-state index in [1.807, 2.05) is 60.7 Å². The number of rotatable bonds is 5. The number of benzene rings is 2. The average molecular weight is 382 g/mol. The van der Waals surface area contributed by atoms with Crippen LogP contribution in [-0.2, 0) is 6.54 Å². The second kappa shape index (κ2) is 7.75. The summed E-state index contributed by atoms with van der Waals surface area (Å²) < 4.78 is 0.972. The smallest absolute Gasteiger partial charge is 0.257 e. The Balaban J connectivity index is 1.73. The fraction of sp³-hybridized carbons (Fsp3) is 0.0526. The molecule has 0 aliphatic heterocycles. The Morgan fingerprint density at radius 2 is 1.67 bits per heavy atom. The van der Waals surface area contributed by atoms with Crippen molar-refractivity contribution in [3.8, 4) is 0 Å². The molecule has 1 heterocycles. The number of aromatic nitrogens is 1. The van der Waals surface area contributed by atoms with Crippen LogP contribution < -0.4 is 10.6 Å². The summed E-state index contributed by atoms with van der Waals surface area (Å²) >= 11 is 3.38. The zero-order valence-corrected chi connectivity index (χ0v) is 14.5. The van der Waals surface area contributed by atoms with E-state index < -0.39 is 0 Å². The van der Waals surface area contributed by atoms with Gasteiger partial charge in [0.2, 0.25) is 0 Å². The largest absolute Gasteiger partial charge is 0.380 e. The Hall–Kier alpha value is -2.66. The molecule has 0 aliphatic rings. The third kappa shape index (κ3) is 4.20. The lowest BCUT2D eigenvalue weighted by atomic mass is 10.1. The van der Waals surface area contributed by atoms with E-state index in [9.17, 15) is 4.79 Å². The van der Waals surface area contributed by atoms with Crippen LogP contribution in [0, 0.1) is 0 Å². The second-order valence-electron chi connectivity index (χ2n) is 5.22. The minimum Gasteiger partial charge on any atom is -0.380 e. The molecule has 0 unspecified atom stereocenters. The standard InChI is InChI=1S/C19H16BrN3O/c20-15-5-7-16(8-6-15)23-19(24)17-3-1-2-4-18(17)22-13-14-9-11-21-12-10-14/h1-12,22H,13H2,(H,23,24). The van der Waals surface area contributed by atoms with Gasteiger partial charge < -0.3 is 10.6 Å². The summed E-state index contributed by atoms with van der Waals surface area (Å²) in [4.78, 5) is 16.6. The maximum absolute atomic E-state index is 12.6. The van der Waals surface area contributed by atoms with E-state index in [1.54, 1.807) is 12.4 Å². The summed E-state index contributed by atoms with van der Waals surface area (Å²) in [6.07, 6.45) is 3.51. The molecule has 0 saturated carbocycles. The van der Waals surface area contributed by atoms with Crippen molar-refractivity contribution in [1.82, 2.24) is 4.98 Å². The van der Waals surface area contributed by atoms with Crippen LogP contribution in [0.15, 0.2) is 77.5 Å². The maximum atomic E-state index is 12.6. The van der Waals surface area contributed by atoms with Gasteiger partial charge in [0.25, 0.3) is 5.91 Å². The number of hydrogen-bond acceptors (Lipinski definition) is 3. The average Bonchev–Trinajstić information content (AvgIpc) is 2.63. The molecular weight excluding hydrogens is 366 g/mol. The fourth-order valence-corrected chi connectivity index (χ4v) is 2.53. The summed E-state index contributed by atoms with van der Waals surface area (Å²) in [5.41, 5.74) is 3.26. The third-order valence-electron chi connectivity index (χ3n) is 3.51. The summed E-state index contributed by atoms with van der Waals surface area (Å²) in [7, 11) is 0. The lowest BCUT2D eigenvalue weighted by molar-refractivity contribution is 0.102. The molecule has 24 heavy (non-hydrogen) atoms. The second-order valence-corrected chi connectivity index (χ2v) is 6.13. The first kappa shape index (κ1) is 16.2. The number of carbonyl (C=O) groups excluding carboxylic acids is 1. The normalized spacial score (nSPS) is 10.2. The molecule has 0 aliphatic carbocycles. The molecule has 3 rings (SSSR count). The van der Waals surface area contributed by atoms with Gasteiger partial charge in [0, 0.05) is 34.8 Å². The molecule has 120 valence electrons. The van der Waals surface area contributed by atoms with Crippen LogP contribution in [0.5, 0.6) is 0 Å². The van der Waals surface area contributed by atoms with Crippen molar-refractivity contribution < 1.29 is 4.79 Å². The Kier molecular flexibility index (Phi) is 5.23. The molecule has 3 aromatic rings. The van der Waals surface area contributed by atoms with Gasteiger partial charge >= 0.3 is 0 Å². The topological polar surface area (TPSA) is 54.0 Å². The lowest BCUT2D eigenvalue weighted by Gasteiger charge is -2.12. The highest BCUT2D eigenvalue weighted by molar-refractivity contribution is 9.10. The summed E-state index contributed by atoms with van der Waals surface area (Å²) in [5.74, 6) is -0.143. The van der Waals surface area contributed by atoms with Crippen LogP contribution in [0.1, 0.15) is 15.9 Å². The quantitative estimate of drug-likeness (QED) is 0.672. The van der Waals surface area contributed by atoms with Crippen molar-refractivity contribution in [3.05, 3.63) is 88.7 Å². The SMILES string of the molecule is O=C(Nc1ccc(Br)cc1)c1ccccc1NCc1ccncc1. The summed E-state index contributed by atoms with van der Waals surface area (Å²) in [6.45, 7) is 0.630. The number of para-hydroxylation sites is 1. The molecule has 0 fully saturated rings. The molecule has 0 spiro atoms. The molecule has 0 saturated heterocycles. The van der Waals surface area contributed by atoms with Crippen molar-refractivity contribution in [2.45, 2.75) is 6.54 Å². The van der Waals surface area contributed by atoms with E-state index in [4.69, 9.17) is 0 Å². The minimum atomic E-state index is -0.143. The van der Waals surface area contributed by atoms with Gasteiger partial charge in [-0.25, -0.2) is 0 Å². The van der Waals surface area contributed by atoms with Gasteiger partial charge in [0.15, 0.2) is 0 Å². The van der Waals surface area contributed by atoms with Crippen LogP contribution in [0.2, 0.25) is 0 Å². The number of amides is 1. The molecule has 0 bridgehead atoms. The van der Waals surface area contributed by atoms with Crippen molar-refractivity contribution in [3.63, 3.8) is 0 Å². The Morgan fingerprint density at radius 1 is 0.958 bits per heavy atom. The molecule has 2 N–H and O–H groups in total. The highest BCUT2D eigenvalue weighted by atomic mass is 79.9. The zero-order valence-electron chi connectivity index (χ0n) is 12.9. The van der Waals surface area contributed by atoms with E-state index in [1.165, 1.54) is 0 Å². The number of hydrogen-bond donors (Lipinski definition) is 2. The highest BCUT2D eigenvalue weighted by Crippen LogP contribution is 2.19. The van der Waals surface area contributed by atoms with Gasteiger partial charge in [-0.15, -0.1) is 0 Å². The van der Waals surface area contributed by atoms with Gasteiger partial charge in [0.05, 0.1) is 5.56 Å². The molecule has 2 aromatic carbocycles. The first-order valence-electron chi connectivity index (χ1n) is 7.51. The molecule has 5 heteroatoms. The van der Waals surface area contributed by atoms with Gasteiger partial charge in [-0.1, -0.05) is 28.1 Å². The molecule has 1 amide bonds. The third-order valence-corrected chi connectivity index (χ3v) is 4.03. The Bertz CT molecular complexity index is 820. The number of pyridine rings is 1. The van der Waals surface area contributed by atoms with Gasteiger partial charge in [-0.2, -0.15) is 0 Å². The zero-order chi connectivity index (χ0) is 16.8. The number of anilines is 2. The Labute approximate surface area is 149 Å². The van der Waals surface area contributed by atoms with E-state index in [2.05, 4.69) is 31.5 Å². The number of nitrogens with one attached hydrogen (secondary N) is 2. The number of halogens is 1. The number of carbonyl (C=O) groups is 1. The molecule has 0 atom stereocenters. The van der Waals surface area contributed by atoms with Gasteiger partial charge in [0.1, 0.15) is 0 Å². The first-order valence-corrected chi connectivity index (χ1v) is 8.30. The summed E-state index contributed by atoms with van der Waals surface area (Å²) in [6, 6.07) is 18.9. The van der Waals surface area contributed by atoms with E-state index in [0.717, 1.165) is 21.4 Å². The van der Waals surface area contributed by atoms with Crippen molar-refractivity contribution in [2.75, 3.05) is 10.6 Å². The van der Waals surface area contributed by atoms with Crippen LogP contribution in [-0.4, -0.2) is 10.9 Å². The van der Waals surface area contributed by atoms with Crippen LogP contribution >= 0.6 is 15.9 Å². The van der Waals surface area contributed by atoms with E-state index in [0.29, 0.717) is 12.1 Å². The van der Waals surface area contributed by atoms with Crippen molar-refractivity contribution in [1.29, 1.82) is 0 Å². The predicted octanol–water partition coefficient (Wildman–Crippen LogP) is 4.71. The maximum Gasteiger partial charge on any atom is 0.257 e. The fourth-order valence-electron chi connectivity index (χ4n) is 2.26. The van der Waals surface area contributed by atoms with Crippen LogP contribution in [0.4, 0.5) is 11.4 Å². The van der Waals surface area contributed by atoms with E-state index in [-0.39, 0.29) is 5.91 Å². The van der Waals surface area contributed by atoms with Crippen LogP contribution in [0.25, 0.3) is 0 Å². The first-order chi connectivity index (χ1) is 11.7. The Morgan fingerprint density at radius 3 is 2.42 bits per heavy atom. The molecular formula is C19H16BrN3O.